The number of thioether (sulfide) groups is 1. The van der Waals surface area contributed by atoms with Gasteiger partial charge in [-0.25, -0.2) is 0 Å². The summed E-state index contributed by atoms with van der Waals surface area (Å²) < 4.78 is 2.14. The van der Waals surface area contributed by atoms with Gasteiger partial charge in [0, 0.05) is 4.90 Å². The van der Waals surface area contributed by atoms with Crippen molar-refractivity contribution in [2.75, 3.05) is 28.2 Å². The average Bonchev–Trinajstić information content (AvgIpc) is 2.25. The summed E-state index contributed by atoms with van der Waals surface area (Å²) in [6, 6.07) is 8.73. The van der Waals surface area contributed by atoms with E-state index in [0.29, 0.717) is 0 Å². The Bertz CT molecular complexity index is 379. The standard InChI is InChI=1S/C13H21N2S/c1-6-11-8-7-9-12(10-11)16-13(14(2)3)15(4)5/h7-10H,6H2,1-5H3/q+1. The molecule has 2 nitrogen and oxygen atoms in total. The van der Waals surface area contributed by atoms with Crippen LogP contribution in [0.1, 0.15) is 12.5 Å². The highest BCUT2D eigenvalue weighted by Gasteiger charge is 2.13. The molecule has 0 aliphatic rings. The third kappa shape index (κ3) is 3.56. The van der Waals surface area contributed by atoms with E-state index in [1.807, 2.05) is 0 Å². The van der Waals surface area contributed by atoms with Crippen molar-refractivity contribution in [3.8, 4) is 0 Å². The van der Waals surface area contributed by atoms with Crippen LogP contribution in [0.5, 0.6) is 0 Å². The van der Waals surface area contributed by atoms with Crippen LogP contribution < -0.4 is 0 Å². The molecule has 0 saturated carbocycles. The summed E-state index contributed by atoms with van der Waals surface area (Å²) in [5.41, 5.74) is 1.39. The molecule has 0 amide bonds. The average molecular weight is 237 g/mol. The number of benzene rings is 1. The molecule has 0 spiro atoms. The van der Waals surface area contributed by atoms with Crippen molar-refractivity contribution in [3.63, 3.8) is 0 Å². The van der Waals surface area contributed by atoms with Crippen LogP contribution in [0.25, 0.3) is 0 Å². The van der Waals surface area contributed by atoms with Gasteiger partial charge >= 0.3 is 5.17 Å². The van der Waals surface area contributed by atoms with Crippen LogP contribution in [0.15, 0.2) is 29.2 Å². The van der Waals surface area contributed by atoms with Crippen molar-refractivity contribution in [3.05, 3.63) is 29.8 Å². The Labute approximate surface area is 103 Å². The minimum absolute atomic E-state index is 1.09. The summed E-state index contributed by atoms with van der Waals surface area (Å²) in [6.07, 6.45) is 1.09. The molecular weight excluding hydrogens is 216 g/mol. The van der Waals surface area contributed by atoms with E-state index in [4.69, 9.17) is 0 Å². The van der Waals surface area contributed by atoms with E-state index in [-0.39, 0.29) is 0 Å². The van der Waals surface area contributed by atoms with Crippen LogP contribution in [0.3, 0.4) is 0 Å². The number of hydrogen-bond acceptors (Lipinski definition) is 1. The van der Waals surface area contributed by atoms with Gasteiger partial charge in [0.2, 0.25) is 0 Å². The Morgan fingerprint density at radius 3 is 2.50 bits per heavy atom. The Morgan fingerprint density at radius 2 is 2.00 bits per heavy atom. The van der Waals surface area contributed by atoms with Gasteiger partial charge in [0.25, 0.3) is 0 Å². The van der Waals surface area contributed by atoms with Crippen LogP contribution >= 0.6 is 11.8 Å². The Hall–Kier alpha value is -0.960. The molecule has 1 aromatic rings. The van der Waals surface area contributed by atoms with Crippen molar-refractivity contribution in [2.24, 2.45) is 0 Å². The highest BCUT2D eigenvalue weighted by atomic mass is 32.2. The predicted molar refractivity (Wildman–Crippen MR) is 72.5 cm³/mol. The zero-order valence-corrected chi connectivity index (χ0v) is 11.6. The molecule has 0 fully saturated rings. The second-order valence-corrected chi connectivity index (χ2v) is 5.22. The lowest BCUT2D eigenvalue weighted by molar-refractivity contribution is -0.466. The molecule has 0 heterocycles. The van der Waals surface area contributed by atoms with E-state index in [2.05, 4.69) is 68.9 Å². The summed E-state index contributed by atoms with van der Waals surface area (Å²) in [5.74, 6) is 0. The summed E-state index contributed by atoms with van der Waals surface area (Å²) >= 11 is 1.80. The molecule has 0 saturated heterocycles. The molecular formula is C13H21N2S+. The van der Waals surface area contributed by atoms with E-state index in [9.17, 15) is 0 Å². The zero-order chi connectivity index (χ0) is 12.1. The van der Waals surface area contributed by atoms with Crippen LogP contribution in [-0.4, -0.2) is 42.8 Å². The lowest BCUT2D eigenvalue weighted by Crippen LogP contribution is -2.26. The van der Waals surface area contributed by atoms with Crippen molar-refractivity contribution < 1.29 is 4.58 Å². The SMILES string of the molecule is CCc1cccc(SC(N(C)C)=[N+](C)C)c1. The third-order valence-electron chi connectivity index (χ3n) is 2.28. The monoisotopic (exact) mass is 237 g/mol. The van der Waals surface area contributed by atoms with Crippen LogP contribution in [0, 0.1) is 0 Å². The molecule has 16 heavy (non-hydrogen) atoms. The summed E-state index contributed by atoms with van der Waals surface area (Å²) in [7, 11) is 8.30. The number of aryl methyl sites for hydroxylation is 1. The highest BCUT2D eigenvalue weighted by Crippen LogP contribution is 2.21. The Morgan fingerprint density at radius 1 is 1.31 bits per heavy atom. The molecule has 0 atom stereocenters. The quantitative estimate of drug-likeness (QED) is 0.337. The maximum absolute atomic E-state index is 2.26. The molecule has 1 aromatic carbocycles. The molecule has 0 aliphatic heterocycles. The largest absolute Gasteiger partial charge is 0.312 e. The molecule has 0 N–H and O–H groups in total. The first-order chi connectivity index (χ1) is 7.54. The predicted octanol–water partition coefficient (Wildman–Crippen LogP) is 2.53. The molecule has 0 aliphatic carbocycles. The smallest absolute Gasteiger partial charge is 0.261 e. The Balaban J connectivity index is 2.90. The number of rotatable bonds is 2. The zero-order valence-electron chi connectivity index (χ0n) is 10.8. The minimum Gasteiger partial charge on any atom is -0.261 e. The molecule has 0 radical (unpaired) electrons. The van der Waals surface area contributed by atoms with Crippen LogP contribution in [0.2, 0.25) is 0 Å². The Kier molecular flexibility index (Phi) is 4.87. The van der Waals surface area contributed by atoms with Crippen LogP contribution in [0.4, 0.5) is 0 Å². The number of hydrogen-bond donors (Lipinski definition) is 0. The van der Waals surface area contributed by atoms with Crippen molar-refractivity contribution in [1.82, 2.24) is 4.90 Å². The fourth-order valence-electron chi connectivity index (χ4n) is 1.52. The van der Waals surface area contributed by atoms with E-state index < -0.39 is 0 Å². The third-order valence-corrected chi connectivity index (χ3v) is 3.68. The summed E-state index contributed by atoms with van der Waals surface area (Å²) in [5, 5.41) is 1.24. The summed E-state index contributed by atoms with van der Waals surface area (Å²) in [4.78, 5) is 3.44. The molecule has 0 aromatic heterocycles. The maximum Gasteiger partial charge on any atom is 0.312 e. The fraction of sp³-hybridized carbons (Fsp3) is 0.462. The molecule has 88 valence electrons. The topological polar surface area (TPSA) is 6.25 Å². The van der Waals surface area contributed by atoms with Crippen molar-refractivity contribution in [1.29, 1.82) is 0 Å². The molecule has 0 unspecified atom stereocenters. The first-order valence-electron chi connectivity index (χ1n) is 5.53. The number of amidine groups is 1. The summed E-state index contributed by atoms with van der Waals surface area (Å²) in [6.45, 7) is 2.19. The molecule has 0 bridgehead atoms. The van der Waals surface area contributed by atoms with Gasteiger partial charge < -0.3 is 0 Å². The first kappa shape index (κ1) is 13.1. The van der Waals surface area contributed by atoms with Gasteiger partial charge in [0.05, 0.1) is 28.2 Å². The van der Waals surface area contributed by atoms with E-state index in [1.165, 1.54) is 15.6 Å². The van der Waals surface area contributed by atoms with Gasteiger partial charge in [-0.2, -0.15) is 0 Å². The van der Waals surface area contributed by atoms with Gasteiger partial charge in [-0.1, -0.05) is 19.1 Å². The van der Waals surface area contributed by atoms with Gasteiger partial charge in [0.15, 0.2) is 0 Å². The van der Waals surface area contributed by atoms with Gasteiger partial charge in [-0.3, -0.25) is 9.48 Å². The highest BCUT2D eigenvalue weighted by molar-refractivity contribution is 8.13. The van der Waals surface area contributed by atoms with E-state index in [1.54, 1.807) is 11.8 Å². The van der Waals surface area contributed by atoms with Gasteiger partial charge in [0.1, 0.15) is 0 Å². The van der Waals surface area contributed by atoms with E-state index in [0.717, 1.165) is 6.42 Å². The first-order valence-corrected chi connectivity index (χ1v) is 6.34. The van der Waals surface area contributed by atoms with Crippen LogP contribution in [-0.2, 0) is 6.42 Å². The van der Waals surface area contributed by atoms with E-state index >= 15 is 0 Å². The van der Waals surface area contributed by atoms with Gasteiger partial charge in [-0.05, 0) is 35.9 Å². The maximum atomic E-state index is 2.26. The lowest BCUT2D eigenvalue weighted by Gasteiger charge is -2.10. The van der Waals surface area contributed by atoms with Gasteiger partial charge in [-0.15, -0.1) is 0 Å². The lowest BCUT2D eigenvalue weighted by atomic mass is 10.2. The van der Waals surface area contributed by atoms with Crippen molar-refractivity contribution >= 4 is 16.9 Å². The normalized spacial score (nSPS) is 10.1. The fourth-order valence-corrected chi connectivity index (χ4v) is 2.45. The molecule has 3 heteroatoms. The second kappa shape index (κ2) is 5.94. The minimum atomic E-state index is 1.09. The number of nitrogens with zero attached hydrogens (tertiary/aromatic N) is 2. The second-order valence-electron chi connectivity index (χ2n) is 4.17. The molecule has 1 rings (SSSR count). The van der Waals surface area contributed by atoms with Crippen molar-refractivity contribution in [2.45, 2.75) is 18.2 Å².